The normalized spacial score (nSPS) is 18.3. The standard InChI is InChI=1S/C52H47N3/c1-34-16-25-45-47-30-37(20-27-50(47)55(51(45)29-34)39-12-6-5-7-13-39)36-18-22-40(23-19-36)54(41-21-17-35(2)46(31-41)38-11-10-28-53-33-38)42-24-26-44-43-14-8-9-15-48(43)52(3,4)49(44)32-42/h5-15,18-24,26-28,30-35H,16-17,25,29H2,1-4H3. The largest absolute Gasteiger partial charge is 0.313 e. The summed E-state index contributed by atoms with van der Waals surface area (Å²) < 4.78 is 2.52. The van der Waals surface area contributed by atoms with Gasteiger partial charge in [-0.05, 0) is 148 Å². The Morgan fingerprint density at radius 3 is 2.29 bits per heavy atom. The molecule has 3 nitrogen and oxygen atoms in total. The molecule has 0 spiro atoms. The van der Waals surface area contributed by atoms with Gasteiger partial charge in [0.15, 0.2) is 0 Å². The topological polar surface area (TPSA) is 21.1 Å². The summed E-state index contributed by atoms with van der Waals surface area (Å²) in [7, 11) is 0. The number of nitrogens with zero attached hydrogens (tertiary/aromatic N) is 3. The van der Waals surface area contributed by atoms with Gasteiger partial charge in [-0.2, -0.15) is 0 Å². The van der Waals surface area contributed by atoms with Crippen LogP contribution in [0.25, 0.3) is 44.4 Å². The van der Waals surface area contributed by atoms with Gasteiger partial charge in [0.25, 0.3) is 0 Å². The Morgan fingerprint density at radius 2 is 1.47 bits per heavy atom. The molecule has 0 aliphatic heterocycles. The number of fused-ring (bicyclic) bond motifs is 6. The number of hydrogen-bond acceptors (Lipinski definition) is 2. The molecule has 7 aromatic rings. The minimum Gasteiger partial charge on any atom is -0.313 e. The summed E-state index contributed by atoms with van der Waals surface area (Å²) in [5.74, 6) is 1.10. The molecule has 10 rings (SSSR count). The maximum Gasteiger partial charge on any atom is 0.0534 e. The van der Waals surface area contributed by atoms with Crippen molar-refractivity contribution < 1.29 is 0 Å². The van der Waals surface area contributed by atoms with Gasteiger partial charge in [0.05, 0.1) is 5.52 Å². The Morgan fingerprint density at radius 1 is 0.709 bits per heavy atom. The molecule has 2 aromatic heterocycles. The van der Waals surface area contributed by atoms with Crippen LogP contribution >= 0.6 is 0 Å². The number of aryl methyl sites for hydroxylation is 1. The predicted molar refractivity (Wildman–Crippen MR) is 230 cm³/mol. The minimum absolute atomic E-state index is 0.0844. The summed E-state index contributed by atoms with van der Waals surface area (Å²) in [6.07, 6.45) is 13.1. The second-order valence-corrected chi connectivity index (χ2v) is 16.6. The highest BCUT2D eigenvalue weighted by Gasteiger charge is 2.36. The van der Waals surface area contributed by atoms with Crippen LogP contribution in [0.3, 0.4) is 0 Å². The van der Waals surface area contributed by atoms with Gasteiger partial charge in [-0.25, -0.2) is 0 Å². The highest BCUT2D eigenvalue weighted by atomic mass is 15.1. The van der Waals surface area contributed by atoms with Crippen LogP contribution in [0.2, 0.25) is 0 Å². The van der Waals surface area contributed by atoms with Crippen molar-refractivity contribution in [3.05, 3.63) is 186 Å². The molecule has 0 saturated heterocycles. The maximum atomic E-state index is 4.48. The molecule has 3 aliphatic carbocycles. The molecule has 55 heavy (non-hydrogen) atoms. The molecule has 0 radical (unpaired) electrons. The van der Waals surface area contributed by atoms with E-state index in [4.69, 9.17) is 0 Å². The van der Waals surface area contributed by atoms with Crippen molar-refractivity contribution >= 4 is 27.9 Å². The van der Waals surface area contributed by atoms with Crippen LogP contribution in [-0.2, 0) is 18.3 Å². The highest BCUT2D eigenvalue weighted by Crippen LogP contribution is 2.51. The van der Waals surface area contributed by atoms with E-state index in [1.807, 2.05) is 18.5 Å². The molecule has 2 atom stereocenters. The molecule has 0 N–H and O–H groups in total. The average molecular weight is 714 g/mol. The van der Waals surface area contributed by atoms with E-state index in [-0.39, 0.29) is 5.41 Å². The van der Waals surface area contributed by atoms with Crippen molar-refractivity contribution in [3.8, 4) is 27.9 Å². The average Bonchev–Trinajstić information content (AvgIpc) is 3.66. The van der Waals surface area contributed by atoms with E-state index in [0.717, 1.165) is 24.9 Å². The number of allylic oxidation sites excluding steroid dienone is 3. The van der Waals surface area contributed by atoms with E-state index in [0.29, 0.717) is 11.8 Å². The number of anilines is 2. The van der Waals surface area contributed by atoms with Gasteiger partial charge in [0.2, 0.25) is 0 Å². The Kier molecular flexibility index (Phi) is 8.03. The van der Waals surface area contributed by atoms with E-state index in [1.165, 1.54) is 90.2 Å². The monoisotopic (exact) mass is 713 g/mol. The summed E-state index contributed by atoms with van der Waals surface area (Å²) >= 11 is 0. The molecule has 2 heterocycles. The van der Waals surface area contributed by atoms with Gasteiger partial charge >= 0.3 is 0 Å². The second kappa shape index (κ2) is 13.1. The van der Waals surface area contributed by atoms with Gasteiger partial charge in [0.1, 0.15) is 0 Å². The molecular weight excluding hydrogens is 667 g/mol. The van der Waals surface area contributed by atoms with E-state index in [2.05, 4.69) is 176 Å². The first-order valence-corrected chi connectivity index (χ1v) is 20.0. The zero-order valence-electron chi connectivity index (χ0n) is 32.3. The summed E-state index contributed by atoms with van der Waals surface area (Å²) in [6.45, 7) is 9.45. The van der Waals surface area contributed by atoms with E-state index in [1.54, 1.807) is 0 Å². The van der Waals surface area contributed by atoms with Crippen molar-refractivity contribution in [2.45, 2.75) is 58.8 Å². The lowest BCUT2D eigenvalue weighted by Gasteiger charge is -2.32. The first-order valence-electron chi connectivity index (χ1n) is 20.0. The SMILES string of the molecule is CC1CCc2c(n(-c3ccccc3)c3ccc(-c4ccc(N(C5=CCC(C)C(c6cccnc6)=C5)c5ccc6c(c5)C(C)(C)c5ccccc5-6)cc4)cc23)C1. The van der Waals surface area contributed by atoms with Crippen molar-refractivity contribution in [2.24, 2.45) is 11.8 Å². The second-order valence-electron chi connectivity index (χ2n) is 16.6. The van der Waals surface area contributed by atoms with E-state index >= 15 is 0 Å². The Bertz CT molecular complexity index is 2640. The molecule has 270 valence electrons. The van der Waals surface area contributed by atoms with Crippen LogP contribution in [0, 0.1) is 11.8 Å². The molecule has 2 unspecified atom stereocenters. The van der Waals surface area contributed by atoms with Crippen molar-refractivity contribution in [1.82, 2.24) is 9.55 Å². The first kappa shape index (κ1) is 33.6. The maximum absolute atomic E-state index is 4.48. The summed E-state index contributed by atoms with van der Waals surface area (Å²) in [6, 6.07) is 47.5. The lowest BCUT2D eigenvalue weighted by molar-refractivity contribution is 0.492. The molecule has 0 bridgehead atoms. The third kappa shape index (κ3) is 5.59. The fourth-order valence-electron chi connectivity index (χ4n) is 9.70. The number of rotatable bonds is 6. The smallest absolute Gasteiger partial charge is 0.0534 e. The summed E-state index contributed by atoms with van der Waals surface area (Å²) in [4.78, 5) is 6.95. The Balaban J connectivity index is 1.07. The lowest BCUT2D eigenvalue weighted by atomic mass is 9.82. The van der Waals surface area contributed by atoms with Gasteiger partial charge < -0.3 is 9.47 Å². The van der Waals surface area contributed by atoms with Crippen molar-refractivity contribution in [2.75, 3.05) is 4.90 Å². The van der Waals surface area contributed by atoms with E-state index < -0.39 is 0 Å². The van der Waals surface area contributed by atoms with Gasteiger partial charge in [0, 0.05) is 51.6 Å². The highest BCUT2D eigenvalue weighted by molar-refractivity contribution is 5.92. The quantitative estimate of drug-likeness (QED) is 0.171. The molecule has 0 amide bonds. The molecule has 5 aromatic carbocycles. The van der Waals surface area contributed by atoms with Crippen LogP contribution in [-0.4, -0.2) is 9.55 Å². The van der Waals surface area contributed by atoms with Crippen LogP contribution in [0.15, 0.2) is 158 Å². The van der Waals surface area contributed by atoms with Crippen LogP contribution < -0.4 is 4.90 Å². The number of hydrogen-bond donors (Lipinski definition) is 0. The minimum atomic E-state index is -0.0844. The van der Waals surface area contributed by atoms with Crippen LogP contribution in [0.4, 0.5) is 11.4 Å². The third-order valence-electron chi connectivity index (χ3n) is 12.7. The van der Waals surface area contributed by atoms with Gasteiger partial charge in [-0.15, -0.1) is 0 Å². The Labute approximate surface area is 325 Å². The molecule has 0 fully saturated rings. The molecular formula is C52H47N3. The first-order chi connectivity index (χ1) is 26.8. The number of pyridine rings is 1. The third-order valence-corrected chi connectivity index (χ3v) is 12.7. The number of benzene rings is 5. The van der Waals surface area contributed by atoms with Gasteiger partial charge in [-0.3, -0.25) is 4.98 Å². The van der Waals surface area contributed by atoms with Crippen molar-refractivity contribution in [3.63, 3.8) is 0 Å². The van der Waals surface area contributed by atoms with Crippen molar-refractivity contribution in [1.29, 1.82) is 0 Å². The fraction of sp³-hybridized carbons (Fsp3) is 0.212. The van der Waals surface area contributed by atoms with Crippen LogP contribution in [0.1, 0.15) is 68.5 Å². The van der Waals surface area contributed by atoms with Gasteiger partial charge in [-0.1, -0.05) is 107 Å². The Hall–Kier alpha value is -5.93. The lowest BCUT2D eigenvalue weighted by Crippen LogP contribution is -2.20. The fourth-order valence-corrected chi connectivity index (χ4v) is 9.70. The summed E-state index contributed by atoms with van der Waals surface area (Å²) in [5, 5.41) is 1.39. The van der Waals surface area contributed by atoms with E-state index in [9.17, 15) is 0 Å². The molecule has 3 aliphatic rings. The van der Waals surface area contributed by atoms with Crippen LogP contribution in [0.5, 0.6) is 0 Å². The number of para-hydroxylation sites is 1. The zero-order chi connectivity index (χ0) is 37.3. The summed E-state index contributed by atoms with van der Waals surface area (Å²) in [5.41, 5.74) is 19.5. The molecule has 3 heteroatoms. The predicted octanol–water partition coefficient (Wildman–Crippen LogP) is 13.3. The number of aromatic nitrogens is 2. The zero-order valence-corrected chi connectivity index (χ0v) is 32.3. The molecule has 0 saturated carbocycles.